The highest BCUT2D eigenvalue weighted by Crippen LogP contribution is 2.27. The molecule has 0 aromatic carbocycles. The molecule has 1 saturated heterocycles. The van der Waals surface area contributed by atoms with E-state index in [1.165, 1.54) is 71.2 Å². The molecule has 2 heteroatoms. The van der Waals surface area contributed by atoms with Crippen LogP contribution < -0.4 is 5.32 Å². The summed E-state index contributed by atoms with van der Waals surface area (Å²) in [4.78, 5) is 2.68. The first-order chi connectivity index (χ1) is 7.88. The summed E-state index contributed by atoms with van der Waals surface area (Å²) in [5.74, 6) is 1.98. The van der Waals surface area contributed by atoms with E-state index in [0.717, 1.165) is 11.8 Å². The van der Waals surface area contributed by atoms with Gasteiger partial charge in [-0.15, -0.1) is 0 Å². The van der Waals surface area contributed by atoms with Crippen LogP contribution in [0.5, 0.6) is 0 Å². The van der Waals surface area contributed by atoms with Crippen LogP contribution in [-0.4, -0.2) is 37.6 Å². The van der Waals surface area contributed by atoms with Crippen molar-refractivity contribution in [3.63, 3.8) is 0 Å². The predicted octanol–water partition coefficient (Wildman–Crippen LogP) is 2.50. The molecule has 2 rings (SSSR count). The monoisotopic (exact) mass is 224 g/mol. The first-order valence-electron chi connectivity index (χ1n) is 7.31. The first kappa shape index (κ1) is 12.4. The highest BCUT2D eigenvalue weighted by atomic mass is 15.1. The Hall–Kier alpha value is -0.0800. The van der Waals surface area contributed by atoms with E-state index in [4.69, 9.17) is 0 Å². The molecule has 0 aromatic heterocycles. The van der Waals surface area contributed by atoms with Crippen LogP contribution >= 0.6 is 0 Å². The molecule has 2 fully saturated rings. The Morgan fingerprint density at radius 3 is 2.50 bits per heavy atom. The third-order valence-corrected chi connectivity index (χ3v) is 4.44. The van der Waals surface area contributed by atoms with Gasteiger partial charge in [-0.25, -0.2) is 0 Å². The number of piperidine rings is 1. The maximum Gasteiger partial charge on any atom is 0.000954 e. The van der Waals surface area contributed by atoms with Crippen molar-refractivity contribution in [2.45, 2.75) is 45.4 Å². The Balaban J connectivity index is 1.61. The van der Waals surface area contributed by atoms with Gasteiger partial charge in [-0.05, 0) is 70.1 Å². The Morgan fingerprint density at radius 2 is 1.94 bits per heavy atom. The fraction of sp³-hybridized carbons (Fsp3) is 1.00. The number of hydrogen-bond donors (Lipinski definition) is 1. The molecule has 0 spiro atoms. The van der Waals surface area contributed by atoms with Gasteiger partial charge in [0.2, 0.25) is 0 Å². The van der Waals surface area contributed by atoms with Crippen LogP contribution in [0.15, 0.2) is 0 Å². The van der Waals surface area contributed by atoms with E-state index in [9.17, 15) is 0 Å². The molecule has 1 heterocycles. The Morgan fingerprint density at radius 1 is 1.12 bits per heavy atom. The fourth-order valence-corrected chi connectivity index (χ4v) is 2.95. The Bertz CT molecular complexity index is 183. The van der Waals surface area contributed by atoms with Gasteiger partial charge in [0.25, 0.3) is 0 Å². The number of nitrogens with zero attached hydrogens (tertiary/aromatic N) is 1. The van der Waals surface area contributed by atoms with Crippen LogP contribution in [0.2, 0.25) is 0 Å². The van der Waals surface area contributed by atoms with Gasteiger partial charge in [0, 0.05) is 6.54 Å². The summed E-state index contributed by atoms with van der Waals surface area (Å²) in [5, 5.41) is 3.52. The van der Waals surface area contributed by atoms with Crippen LogP contribution in [0, 0.1) is 11.8 Å². The van der Waals surface area contributed by atoms with E-state index in [1.807, 2.05) is 0 Å². The highest BCUT2D eigenvalue weighted by molar-refractivity contribution is 4.75. The number of nitrogens with one attached hydrogen (secondary N) is 1. The zero-order chi connectivity index (χ0) is 11.2. The van der Waals surface area contributed by atoms with Crippen molar-refractivity contribution in [3.05, 3.63) is 0 Å². The van der Waals surface area contributed by atoms with E-state index >= 15 is 0 Å². The smallest absolute Gasteiger partial charge is 0.000954 e. The molecule has 1 N–H and O–H groups in total. The van der Waals surface area contributed by atoms with Gasteiger partial charge in [0.15, 0.2) is 0 Å². The van der Waals surface area contributed by atoms with Crippen molar-refractivity contribution in [3.8, 4) is 0 Å². The number of rotatable bonds is 6. The quantitative estimate of drug-likeness (QED) is 0.746. The summed E-state index contributed by atoms with van der Waals surface area (Å²) in [6.07, 6.45) is 8.71. The summed E-state index contributed by atoms with van der Waals surface area (Å²) in [6.45, 7) is 8.78. The van der Waals surface area contributed by atoms with E-state index in [1.54, 1.807) is 0 Å². The van der Waals surface area contributed by atoms with Crippen LogP contribution in [-0.2, 0) is 0 Å². The van der Waals surface area contributed by atoms with Gasteiger partial charge < -0.3 is 10.2 Å². The molecular weight excluding hydrogens is 196 g/mol. The topological polar surface area (TPSA) is 15.3 Å². The molecule has 1 saturated carbocycles. The average Bonchev–Trinajstić information content (AvgIpc) is 2.28. The minimum Gasteiger partial charge on any atom is -0.316 e. The third-order valence-electron chi connectivity index (χ3n) is 4.44. The van der Waals surface area contributed by atoms with Crippen LogP contribution in [0.25, 0.3) is 0 Å². The lowest BCUT2D eigenvalue weighted by atomic mass is 9.85. The summed E-state index contributed by atoms with van der Waals surface area (Å²) in [5.41, 5.74) is 0. The SMILES string of the molecule is CCN(CCC1CCCNC1)CC1CCC1. The second-order valence-electron chi connectivity index (χ2n) is 5.69. The third kappa shape index (κ3) is 3.74. The summed E-state index contributed by atoms with van der Waals surface area (Å²) in [6, 6.07) is 0. The lowest BCUT2D eigenvalue weighted by Gasteiger charge is -2.33. The summed E-state index contributed by atoms with van der Waals surface area (Å²) in [7, 11) is 0. The van der Waals surface area contributed by atoms with E-state index < -0.39 is 0 Å². The minimum absolute atomic E-state index is 0.948. The normalized spacial score (nSPS) is 27.0. The Kier molecular flexibility index (Phi) is 5.11. The van der Waals surface area contributed by atoms with Crippen molar-refractivity contribution >= 4 is 0 Å². The molecule has 1 unspecified atom stereocenters. The molecule has 0 radical (unpaired) electrons. The molecule has 0 bridgehead atoms. The predicted molar refractivity (Wildman–Crippen MR) is 69.7 cm³/mol. The highest BCUT2D eigenvalue weighted by Gasteiger charge is 2.20. The molecule has 2 aliphatic rings. The van der Waals surface area contributed by atoms with Crippen LogP contribution in [0.4, 0.5) is 0 Å². The van der Waals surface area contributed by atoms with Gasteiger partial charge in [0.1, 0.15) is 0 Å². The van der Waals surface area contributed by atoms with Gasteiger partial charge in [-0.1, -0.05) is 13.3 Å². The Labute approximate surface area is 101 Å². The second kappa shape index (κ2) is 6.61. The largest absolute Gasteiger partial charge is 0.316 e. The molecule has 94 valence electrons. The lowest BCUT2D eigenvalue weighted by molar-refractivity contribution is 0.171. The molecule has 1 aliphatic heterocycles. The van der Waals surface area contributed by atoms with Crippen molar-refractivity contribution in [2.24, 2.45) is 11.8 Å². The molecule has 2 nitrogen and oxygen atoms in total. The van der Waals surface area contributed by atoms with Gasteiger partial charge in [0.05, 0.1) is 0 Å². The fourth-order valence-electron chi connectivity index (χ4n) is 2.95. The van der Waals surface area contributed by atoms with Crippen LogP contribution in [0.3, 0.4) is 0 Å². The molecular formula is C14H28N2. The van der Waals surface area contributed by atoms with Crippen molar-refractivity contribution in [2.75, 3.05) is 32.7 Å². The maximum atomic E-state index is 3.52. The summed E-state index contributed by atoms with van der Waals surface area (Å²) < 4.78 is 0. The lowest BCUT2D eigenvalue weighted by Crippen LogP contribution is -2.36. The van der Waals surface area contributed by atoms with E-state index in [0.29, 0.717) is 0 Å². The molecule has 1 atom stereocenters. The van der Waals surface area contributed by atoms with Crippen LogP contribution in [0.1, 0.15) is 45.4 Å². The van der Waals surface area contributed by atoms with Gasteiger partial charge in [-0.3, -0.25) is 0 Å². The van der Waals surface area contributed by atoms with Crippen molar-refractivity contribution in [1.82, 2.24) is 10.2 Å². The standard InChI is InChI=1S/C14H28N2/c1-2-16(12-14-5-3-6-14)10-8-13-7-4-9-15-11-13/h13-15H,2-12H2,1H3. The maximum absolute atomic E-state index is 3.52. The zero-order valence-electron chi connectivity index (χ0n) is 10.9. The minimum atomic E-state index is 0.948. The second-order valence-corrected chi connectivity index (χ2v) is 5.69. The van der Waals surface area contributed by atoms with Gasteiger partial charge in [-0.2, -0.15) is 0 Å². The van der Waals surface area contributed by atoms with Crippen molar-refractivity contribution in [1.29, 1.82) is 0 Å². The summed E-state index contributed by atoms with van der Waals surface area (Å²) >= 11 is 0. The van der Waals surface area contributed by atoms with Crippen molar-refractivity contribution < 1.29 is 0 Å². The molecule has 1 aliphatic carbocycles. The van der Waals surface area contributed by atoms with E-state index in [-0.39, 0.29) is 0 Å². The van der Waals surface area contributed by atoms with E-state index in [2.05, 4.69) is 17.1 Å². The first-order valence-corrected chi connectivity index (χ1v) is 7.31. The molecule has 0 aromatic rings. The van der Waals surface area contributed by atoms with Gasteiger partial charge >= 0.3 is 0 Å². The molecule has 16 heavy (non-hydrogen) atoms. The zero-order valence-corrected chi connectivity index (χ0v) is 10.9. The average molecular weight is 224 g/mol. The number of hydrogen-bond acceptors (Lipinski definition) is 2. The molecule has 0 amide bonds.